The molecule has 0 fully saturated rings. The Morgan fingerprint density at radius 1 is 1.20 bits per heavy atom. The van der Waals surface area contributed by atoms with Crippen LogP contribution in [0.15, 0.2) is 48.7 Å². The smallest absolute Gasteiger partial charge is 0.415 e. The standard InChI is InChI=1S/C17H21NO2/c1-13-9-5-6-10-14(13)15-11-7-8-12-18(15)16(19)20-17(2,3)4/h5-12,15H,1-4H3. The molecule has 1 aliphatic heterocycles. The first kappa shape index (κ1) is 14.4. The molecule has 0 spiro atoms. The van der Waals surface area contributed by atoms with Crippen LogP contribution in [0.1, 0.15) is 37.9 Å². The van der Waals surface area contributed by atoms with Crippen molar-refractivity contribution in [1.29, 1.82) is 0 Å². The summed E-state index contributed by atoms with van der Waals surface area (Å²) in [5.41, 5.74) is 1.77. The molecule has 0 saturated heterocycles. The number of allylic oxidation sites excluding steroid dienone is 2. The first-order chi connectivity index (χ1) is 9.38. The highest BCUT2D eigenvalue weighted by Gasteiger charge is 2.28. The SMILES string of the molecule is Cc1ccccc1C1C=CC=CN1C(=O)OC(C)(C)C. The van der Waals surface area contributed by atoms with Crippen molar-refractivity contribution in [3.05, 3.63) is 59.8 Å². The van der Waals surface area contributed by atoms with Crippen molar-refractivity contribution in [2.24, 2.45) is 0 Å². The predicted octanol–water partition coefficient (Wildman–Crippen LogP) is 4.36. The lowest BCUT2D eigenvalue weighted by atomic mass is 9.99. The van der Waals surface area contributed by atoms with Gasteiger partial charge in [-0.3, -0.25) is 4.90 Å². The molecule has 106 valence electrons. The molecular formula is C17H21NO2. The van der Waals surface area contributed by atoms with Gasteiger partial charge in [-0.15, -0.1) is 0 Å². The lowest BCUT2D eigenvalue weighted by molar-refractivity contribution is 0.0293. The van der Waals surface area contributed by atoms with Crippen LogP contribution in [-0.4, -0.2) is 16.6 Å². The fourth-order valence-corrected chi connectivity index (χ4v) is 2.16. The number of amides is 1. The summed E-state index contributed by atoms with van der Waals surface area (Å²) in [6.45, 7) is 7.67. The Morgan fingerprint density at radius 3 is 2.55 bits per heavy atom. The summed E-state index contributed by atoms with van der Waals surface area (Å²) in [6, 6.07) is 7.97. The minimum Gasteiger partial charge on any atom is -0.443 e. The molecule has 1 aliphatic rings. The van der Waals surface area contributed by atoms with Crippen molar-refractivity contribution >= 4 is 6.09 Å². The van der Waals surface area contributed by atoms with Crippen molar-refractivity contribution in [2.45, 2.75) is 39.3 Å². The quantitative estimate of drug-likeness (QED) is 0.759. The van der Waals surface area contributed by atoms with Crippen LogP contribution < -0.4 is 0 Å². The Hall–Kier alpha value is -2.03. The third kappa shape index (κ3) is 3.29. The van der Waals surface area contributed by atoms with Gasteiger partial charge in [0.1, 0.15) is 5.60 Å². The van der Waals surface area contributed by atoms with Crippen molar-refractivity contribution in [2.75, 3.05) is 0 Å². The van der Waals surface area contributed by atoms with Crippen molar-refractivity contribution in [3.63, 3.8) is 0 Å². The van der Waals surface area contributed by atoms with Crippen LogP contribution in [0.5, 0.6) is 0 Å². The van der Waals surface area contributed by atoms with Gasteiger partial charge in [0, 0.05) is 6.20 Å². The van der Waals surface area contributed by atoms with Crippen molar-refractivity contribution in [3.8, 4) is 0 Å². The van der Waals surface area contributed by atoms with Crippen molar-refractivity contribution in [1.82, 2.24) is 4.90 Å². The number of hydrogen-bond donors (Lipinski definition) is 0. The van der Waals surface area contributed by atoms with Crippen molar-refractivity contribution < 1.29 is 9.53 Å². The number of benzene rings is 1. The summed E-state index contributed by atoms with van der Waals surface area (Å²) < 4.78 is 5.47. The van der Waals surface area contributed by atoms with E-state index in [0.717, 1.165) is 11.1 Å². The molecule has 1 aromatic rings. The Balaban J connectivity index is 2.28. The second kappa shape index (κ2) is 5.53. The summed E-state index contributed by atoms with van der Waals surface area (Å²) in [6.07, 6.45) is 7.25. The van der Waals surface area contributed by atoms with Crippen LogP contribution in [0.2, 0.25) is 0 Å². The number of carbonyl (C=O) groups excluding carboxylic acids is 1. The number of rotatable bonds is 1. The van der Waals surface area contributed by atoms with E-state index in [0.29, 0.717) is 0 Å². The fourth-order valence-electron chi connectivity index (χ4n) is 2.16. The number of hydrogen-bond acceptors (Lipinski definition) is 2. The summed E-state index contributed by atoms with van der Waals surface area (Å²) in [4.78, 5) is 14.0. The van der Waals surface area contributed by atoms with Crippen LogP contribution in [0.3, 0.4) is 0 Å². The molecule has 1 amide bonds. The molecule has 20 heavy (non-hydrogen) atoms. The number of aryl methyl sites for hydroxylation is 1. The van der Waals surface area contributed by atoms with Gasteiger partial charge in [-0.1, -0.05) is 36.4 Å². The average molecular weight is 271 g/mol. The van der Waals surface area contributed by atoms with E-state index < -0.39 is 5.60 Å². The average Bonchev–Trinajstić information content (AvgIpc) is 2.37. The molecule has 3 heteroatoms. The maximum Gasteiger partial charge on any atom is 0.415 e. The number of ether oxygens (including phenoxy) is 1. The Kier molecular flexibility index (Phi) is 3.98. The topological polar surface area (TPSA) is 29.5 Å². The summed E-state index contributed by atoms with van der Waals surface area (Å²) >= 11 is 0. The van der Waals surface area contributed by atoms with E-state index in [1.807, 2.05) is 57.2 Å². The van der Waals surface area contributed by atoms with Gasteiger partial charge in [-0.25, -0.2) is 4.79 Å². The summed E-state index contributed by atoms with van der Waals surface area (Å²) in [5.74, 6) is 0. The van der Waals surface area contributed by atoms with E-state index in [1.54, 1.807) is 11.1 Å². The van der Waals surface area contributed by atoms with E-state index in [-0.39, 0.29) is 12.1 Å². The highest BCUT2D eigenvalue weighted by molar-refractivity contribution is 5.71. The van der Waals surface area contributed by atoms with Gasteiger partial charge in [0.2, 0.25) is 0 Å². The molecule has 3 nitrogen and oxygen atoms in total. The number of carbonyl (C=O) groups is 1. The molecule has 1 unspecified atom stereocenters. The lowest BCUT2D eigenvalue weighted by Crippen LogP contribution is -2.36. The lowest BCUT2D eigenvalue weighted by Gasteiger charge is -2.31. The Morgan fingerprint density at radius 2 is 1.90 bits per heavy atom. The maximum atomic E-state index is 12.3. The zero-order valence-electron chi connectivity index (χ0n) is 12.5. The highest BCUT2D eigenvalue weighted by Crippen LogP contribution is 2.29. The second-order valence-electron chi connectivity index (χ2n) is 5.92. The largest absolute Gasteiger partial charge is 0.443 e. The van der Waals surface area contributed by atoms with Crippen LogP contribution >= 0.6 is 0 Å². The van der Waals surface area contributed by atoms with Gasteiger partial charge < -0.3 is 4.74 Å². The van der Waals surface area contributed by atoms with Crippen LogP contribution in [-0.2, 0) is 4.74 Å². The van der Waals surface area contributed by atoms with E-state index in [4.69, 9.17) is 4.74 Å². The summed E-state index contributed by atoms with van der Waals surface area (Å²) in [5, 5.41) is 0. The minimum absolute atomic E-state index is 0.115. The zero-order chi connectivity index (χ0) is 14.8. The predicted molar refractivity (Wildman–Crippen MR) is 80.3 cm³/mol. The van der Waals surface area contributed by atoms with E-state index in [2.05, 4.69) is 13.0 Å². The fraction of sp³-hybridized carbons (Fsp3) is 0.353. The molecule has 2 rings (SSSR count). The van der Waals surface area contributed by atoms with Gasteiger partial charge in [-0.2, -0.15) is 0 Å². The van der Waals surface area contributed by atoms with E-state index >= 15 is 0 Å². The summed E-state index contributed by atoms with van der Waals surface area (Å²) in [7, 11) is 0. The van der Waals surface area contributed by atoms with Gasteiger partial charge in [0.25, 0.3) is 0 Å². The molecule has 0 radical (unpaired) electrons. The first-order valence-corrected chi connectivity index (χ1v) is 6.80. The van der Waals surface area contributed by atoms with Crippen LogP contribution in [0.4, 0.5) is 4.79 Å². The molecule has 0 bridgehead atoms. The molecule has 1 aromatic carbocycles. The molecule has 0 saturated carbocycles. The molecule has 1 atom stereocenters. The van der Waals surface area contributed by atoms with E-state index in [9.17, 15) is 4.79 Å². The molecular weight excluding hydrogens is 250 g/mol. The molecule has 1 heterocycles. The van der Waals surface area contributed by atoms with Crippen LogP contribution in [0.25, 0.3) is 0 Å². The maximum absolute atomic E-state index is 12.3. The number of nitrogens with zero attached hydrogens (tertiary/aromatic N) is 1. The third-order valence-corrected chi connectivity index (χ3v) is 3.06. The molecule has 0 N–H and O–H groups in total. The highest BCUT2D eigenvalue weighted by atomic mass is 16.6. The first-order valence-electron chi connectivity index (χ1n) is 6.80. The minimum atomic E-state index is -0.498. The second-order valence-corrected chi connectivity index (χ2v) is 5.92. The molecule has 0 aliphatic carbocycles. The van der Waals surface area contributed by atoms with Crippen LogP contribution in [0, 0.1) is 6.92 Å². The van der Waals surface area contributed by atoms with Gasteiger partial charge in [0.15, 0.2) is 0 Å². The van der Waals surface area contributed by atoms with E-state index in [1.165, 1.54) is 0 Å². The Bertz CT molecular complexity index is 552. The molecule has 0 aromatic heterocycles. The third-order valence-electron chi connectivity index (χ3n) is 3.06. The zero-order valence-corrected chi connectivity index (χ0v) is 12.5. The van der Waals surface area contributed by atoms with Gasteiger partial charge in [-0.05, 0) is 44.9 Å². The normalized spacial score (nSPS) is 18.2. The van der Waals surface area contributed by atoms with Gasteiger partial charge >= 0.3 is 6.09 Å². The Labute approximate surface area is 120 Å². The monoisotopic (exact) mass is 271 g/mol. The van der Waals surface area contributed by atoms with Gasteiger partial charge in [0.05, 0.1) is 6.04 Å².